The summed E-state index contributed by atoms with van der Waals surface area (Å²) in [7, 11) is 0. The lowest BCUT2D eigenvalue weighted by Crippen LogP contribution is -2.13. The molecule has 0 saturated heterocycles. The molecule has 0 aliphatic heterocycles. The molecule has 3 aromatic rings. The number of nitrogens with one attached hydrogen (secondary N) is 2. The molecular weight excluding hydrogens is 365 g/mol. The Bertz CT molecular complexity index is 815. The molecule has 7 heteroatoms. The quantitative estimate of drug-likeness (QED) is 0.627. The molecule has 0 aliphatic rings. The highest BCUT2D eigenvalue weighted by molar-refractivity contribution is 7.10. The van der Waals surface area contributed by atoms with Gasteiger partial charge in [-0.25, -0.2) is 4.98 Å². The molecule has 0 saturated carbocycles. The molecule has 3 rings (SSSR count). The largest absolute Gasteiger partial charge is 0.338 e. The average Bonchev–Trinajstić information content (AvgIpc) is 3.05. The second-order valence-electron chi connectivity index (χ2n) is 4.96. The van der Waals surface area contributed by atoms with Crippen molar-refractivity contribution in [1.82, 2.24) is 4.98 Å². The minimum absolute atomic E-state index is 0.0749. The number of rotatable bonds is 5. The fourth-order valence-corrected chi connectivity index (χ4v) is 3.26. The standard InChI is InChI=1S/C17H13Cl2N3OS/c18-13-4-1-5-14(19)17(13)22-15-7-6-11(10-20-15)21-16(23)9-12-3-2-8-24-12/h1-8,10H,9H2,(H,20,22)(H,21,23). The highest BCUT2D eigenvalue weighted by atomic mass is 35.5. The van der Waals surface area contributed by atoms with Crippen LogP contribution in [0.5, 0.6) is 0 Å². The van der Waals surface area contributed by atoms with E-state index in [0.717, 1.165) is 4.88 Å². The molecule has 0 bridgehead atoms. The maximum atomic E-state index is 12.0. The van der Waals surface area contributed by atoms with E-state index in [2.05, 4.69) is 15.6 Å². The molecule has 24 heavy (non-hydrogen) atoms. The molecule has 0 atom stereocenters. The average molecular weight is 378 g/mol. The van der Waals surface area contributed by atoms with Crippen molar-refractivity contribution in [2.75, 3.05) is 10.6 Å². The molecule has 2 aromatic heterocycles. The number of aromatic nitrogens is 1. The molecule has 2 heterocycles. The zero-order valence-electron chi connectivity index (χ0n) is 12.4. The van der Waals surface area contributed by atoms with E-state index in [-0.39, 0.29) is 5.91 Å². The predicted molar refractivity (Wildman–Crippen MR) is 101 cm³/mol. The summed E-state index contributed by atoms with van der Waals surface area (Å²) in [5, 5.41) is 8.86. The van der Waals surface area contributed by atoms with Crippen LogP contribution in [0.1, 0.15) is 4.88 Å². The highest BCUT2D eigenvalue weighted by Crippen LogP contribution is 2.32. The van der Waals surface area contributed by atoms with Crippen molar-refractivity contribution >= 4 is 57.6 Å². The number of benzene rings is 1. The molecule has 2 N–H and O–H groups in total. The van der Waals surface area contributed by atoms with Gasteiger partial charge < -0.3 is 10.6 Å². The Morgan fingerprint density at radius 3 is 2.50 bits per heavy atom. The van der Waals surface area contributed by atoms with Gasteiger partial charge in [0.15, 0.2) is 0 Å². The number of halogens is 2. The number of amides is 1. The van der Waals surface area contributed by atoms with Crippen molar-refractivity contribution in [3.8, 4) is 0 Å². The summed E-state index contributed by atoms with van der Waals surface area (Å²) in [6.07, 6.45) is 1.94. The lowest BCUT2D eigenvalue weighted by molar-refractivity contribution is -0.115. The Balaban J connectivity index is 1.64. The Kier molecular flexibility index (Phi) is 5.35. The second kappa shape index (κ2) is 7.66. The molecule has 1 aromatic carbocycles. The summed E-state index contributed by atoms with van der Waals surface area (Å²) in [5.41, 5.74) is 1.23. The molecule has 4 nitrogen and oxygen atoms in total. The lowest BCUT2D eigenvalue weighted by Gasteiger charge is -2.10. The minimum Gasteiger partial charge on any atom is -0.338 e. The van der Waals surface area contributed by atoms with Crippen LogP contribution in [0.25, 0.3) is 0 Å². The zero-order chi connectivity index (χ0) is 16.9. The first kappa shape index (κ1) is 16.8. The predicted octanol–water partition coefficient (Wildman–Crippen LogP) is 5.37. The van der Waals surface area contributed by atoms with E-state index in [9.17, 15) is 4.79 Å². The maximum Gasteiger partial charge on any atom is 0.229 e. The van der Waals surface area contributed by atoms with Gasteiger partial charge in [0.2, 0.25) is 5.91 Å². The first-order valence-electron chi connectivity index (χ1n) is 7.11. The minimum atomic E-state index is -0.0749. The van der Waals surface area contributed by atoms with Gasteiger partial charge in [-0.05, 0) is 35.7 Å². The van der Waals surface area contributed by atoms with Gasteiger partial charge in [0.05, 0.1) is 34.0 Å². The van der Waals surface area contributed by atoms with Gasteiger partial charge >= 0.3 is 0 Å². The summed E-state index contributed by atoms with van der Waals surface area (Å²) in [6.45, 7) is 0. The van der Waals surface area contributed by atoms with Crippen LogP contribution in [0.15, 0.2) is 54.0 Å². The molecule has 0 spiro atoms. The van der Waals surface area contributed by atoms with Gasteiger partial charge in [-0.2, -0.15) is 0 Å². The van der Waals surface area contributed by atoms with Crippen molar-refractivity contribution in [3.63, 3.8) is 0 Å². The van der Waals surface area contributed by atoms with Crippen LogP contribution in [-0.4, -0.2) is 10.9 Å². The first-order valence-corrected chi connectivity index (χ1v) is 8.75. The lowest BCUT2D eigenvalue weighted by atomic mass is 10.3. The van der Waals surface area contributed by atoms with Crippen molar-refractivity contribution in [2.24, 2.45) is 0 Å². The third kappa shape index (κ3) is 4.26. The van der Waals surface area contributed by atoms with Crippen LogP contribution in [0.3, 0.4) is 0 Å². The van der Waals surface area contributed by atoms with Gasteiger partial charge in [0, 0.05) is 4.88 Å². The number of nitrogens with zero attached hydrogens (tertiary/aromatic N) is 1. The second-order valence-corrected chi connectivity index (χ2v) is 6.80. The third-order valence-electron chi connectivity index (χ3n) is 3.18. The molecule has 1 amide bonds. The molecule has 0 fully saturated rings. The number of thiophene rings is 1. The van der Waals surface area contributed by atoms with Gasteiger partial charge in [-0.1, -0.05) is 35.3 Å². The summed E-state index contributed by atoms with van der Waals surface area (Å²) in [5.74, 6) is 0.510. The van der Waals surface area contributed by atoms with Crippen molar-refractivity contribution in [2.45, 2.75) is 6.42 Å². The topological polar surface area (TPSA) is 54.0 Å². The number of hydrogen-bond donors (Lipinski definition) is 2. The summed E-state index contributed by atoms with van der Waals surface area (Å²) < 4.78 is 0. The van der Waals surface area contributed by atoms with Crippen LogP contribution in [-0.2, 0) is 11.2 Å². The van der Waals surface area contributed by atoms with Crippen LogP contribution in [0, 0.1) is 0 Å². The summed E-state index contributed by atoms with van der Waals surface area (Å²) in [6, 6.07) is 12.6. The summed E-state index contributed by atoms with van der Waals surface area (Å²) >= 11 is 13.8. The van der Waals surface area contributed by atoms with E-state index in [1.54, 1.807) is 47.9 Å². The molecule has 122 valence electrons. The van der Waals surface area contributed by atoms with Crippen LogP contribution in [0.2, 0.25) is 10.0 Å². The molecule has 0 radical (unpaired) electrons. The number of carbonyl (C=O) groups is 1. The summed E-state index contributed by atoms with van der Waals surface area (Å²) in [4.78, 5) is 17.2. The number of pyridine rings is 1. The maximum absolute atomic E-state index is 12.0. The molecule has 0 aliphatic carbocycles. The Morgan fingerprint density at radius 1 is 1.08 bits per heavy atom. The van der Waals surface area contributed by atoms with Crippen LogP contribution >= 0.6 is 34.5 Å². The number of hydrogen-bond acceptors (Lipinski definition) is 4. The van der Waals surface area contributed by atoms with Crippen molar-refractivity contribution in [3.05, 3.63) is 69.0 Å². The van der Waals surface area contributed by atoms with E-state index < -0.39 is 0 Å². The van der Waals surface area contributed by atoms with Gasteiger partial charge in [0.25, 0.3) is 0 Å². The SMILES string of the molecule is O=C(Cc1cccs1)Nc1ccc(Nc2c(Cl)cccc2Cl)nc1. The smallest absolute Gasteiger partial charge is 0.229 e. The highest BCUT2D eigenvalue weighted by Gasteiger charge is 2.08. The van der Waals surface area contributed by atoms with Crippen LogP contribution in [0.4, 0.5) is 17.2 Å². The fraction of sp³-hybridized carbons (Fsp3) is 0.0588. The molecular formula is C17H13Cl2N3OS. The molecule has 0 unspecified atom stereocenters. The van der Waals surface area contributed by atoms with E-state index in [0.29, 0.717) is 33.7 Å². The van der Waals surface area contributed by atoms with E-state index in [4.69, 9.17) is 23.2 Å². The first-order chi connectivity index (χ1) is 11.6. The van der Waals surface area contributed by atoms with Crippen molar-refractivity contribution < 1.29 is 4.79 Å². The van der Waals surface area contributed by atoms with Gasteiger partial charge in [-0.3, -0.25) is 4.79 Å². The number of anilines is 3. The monoisotopic (exact) mass is 377 g/mol. The normalized spacial score (nSPS) is 10.4. The van der Waals surface area contributed by atoms with Crippen LogP contribution < -0.4 is 10.6 Å². The van der Waals surface area contributed by atoms with Gasteiger partial charge in [0.1, 0.15) is 5.82 Å². The fourth-order valence-electron chi connectivity index (χ4n) is 2.06. The van der Waals surface area contributed by atoms with E-state index in [1.807, 2.05) is 17.5 Å². The third-order valence-corrected chi connectivity index (χ3v) is 4.68. The number of carbonyl (C=O) groups excluding carboxylic acids is 1. The zero-order valence-corrected chi connectivity index (χ0v) is 14.8. The Hall–Kier alpha value is -2.08. The Labute approximate surface area is 153 Å². The van der Waals surface area contributed by atoms with E-state index in [1.165, 1.54) is 0 Å². The van der Waals surface area contributed by atoms with E-state index >= 15 is 0 Å². The van der Waals surface area contributed by atoms with Crippen molar-refractivity contribution in [1.29, 1.82) is 0 Å². The number of para-hydroxylation sites is 1. The van der Waals surface area contributed by atoms with Gasteiger partial charge in [-0.15, -0.1) is 11.3 Å². The Morgan fingerprint density at radius 2 is 1.88 bits per heavy atom.